The Morgan fingerprint density at radius 2 is 0.867 bits per heavy atom. The van der Waals surface area contributed by atoms with Crippen LogP contribution in [0, 0.1) is 0 Å². The molecule has 7 nitrogen and oxygen atoms in total. The summed E-state index contributed by atoms with van der Waals surface area (Å²) in [5.74, 6) is -1.31. The lowest BCUT2D eigenvalue weighted by molar-refractivity contribution is -0.150. The van der Waals surface area contributed by atoms with Gasteiger partial charge in [0.15, 0.2) is 0 Å². The Labute approximate surface area is 367 Å². The van der Waals surface area contributed by atoms with E-state index in [-0.39, 0.29) is 18.0 Å². The number of rotatable bonds is 41. The van der Waals surface area contributed by atoms with Crippen LogP contribution in [0.25, 0.3) is 0 Å². The van der Waals surface area contributed by atoms with E-state index in [1.807, 2.05) is 0 Å². The normalized spacial score (nSPS) is 13.7. The average Bonchev–Trinajstić information content (AvgIpc) is 3.23. The molecular formula is C53H86N2O5. The van der Waals surface area contributed by atoms with Gasteiger partial charge in [-0.1, -0.05) is 149 Å². The molecule has 2 atom stereocenters. The quantitative estimate of drug-likeness (QED) is 0.0321. The Hall–Kier alpha value is -3.97. The number of esters is 1. The molecule has 0 aliphatic heterocycles. The lowest BCUT2D eigenvalue weighted by atomic mass is 10.0. The number of allylic oxidation sites excluding steroid dienone is 18. The fourth-order valence-corrected chi connectivity index (χ4v) is 6.35. The van der Waals surface area contributed by atoms with E-state index in [1.165, 1.54) is 0 Å². The summed E-state index contributed by atoms with van der Waals surface area (Å²) in [6.45, 7) is 4.71. The molecule has 0 aliphatic rings. The summed E-state index contributed by atoms with van der Waals surface area (Å²) in [6.07, 6.45) is 64.2. The highest BCUT2D eigenvalue weighted by Gasteiger charge is 2.19. The maximum absolute atomic E-state index is 12.9. The van der Waals surface area contributed by atoms with Crippen LogP contribution < -0.4 is 11.1 Å². The van der Waals surface area contributed by atoms with Crippen molar-refractivity contribution in [1.29, 1.82) is 0 Å². The van der Waals surface area contributed by atoms with Crippen LogP contribution in [-0.2, 0) is 19.1 Å². The Balaban J connectivity index is 4.50. The second-order valence-electron chi connectivity index (χ2n) is 15.4. The Morgan fingerprint density at radius 1 is 0.483 bits per heavy atom. The van der Waals surface area contributed by atoms with Crippen molar-refractivity contribution in [1.82, 2.24) is 5.32 Å². The van der Waals surface area contributed by atoms with E-state index in [2.05, 4.69) is 129 Å². The molecule has 0 aliphatic carbocycles. The second-order valence-corrected chi connectivity index (χ2v) is 15.4. The van der Waals surface area contributed by atoms with Crippen LogP contribution in [0.3, 0.4) is 0 Å². The van der Waals surface area contributed by atoms with Gasteiger partial charge in [-0.2, -0.15) is 0 Å². The Kier molecular flexibility index (Phi) is 43.1. The molecule has 0 fully saturated rings. The minimum absolute atomic E-state index is 0.0523. The predicted octanol–water partition coefficient (Wildman–Crippen LogP) is 14.0. The third-order valence-corrected chi connectivity index (χ3v) is 9.83. The average molecular weight is 831 g/mol. The van der Waals surface area contributed by atoms with Gasteiger partial charge in [-0.15, -0.1) is 0 Å². The smallest absolute Gasteiger partial charge is 0.326 e. The van der Waals surface area contributed by atoms with E-state index < -0.39 is 12.0 Å². The van der Waals surface area contributed by atoms with Crippen molar-refractivity contribution in [3.8, 4) is 0 Å². The fourth-order valence-electron chi connectivity index (χ4n) is 6.35. The van der Waals surface area contributed by atoms with E-state index in [9.17, 15) is 19.5 Å². The molecule has 0 bridgehead atoms. The third kappa shape index (κ3) is 42.2. The van der Waals surface area contributed by atoms with Gasteiger partial charge in [0.2, 0.25) is 5.91 Å². The predicted molar refractivity (Wildman–Crippen MR) is 257 cm³/mol. The second kappa shape index (κ2) is 46.1. The number of nitrogens with one attached hydrogen (secondary N) is 1. The largest absolute Gasteiger partial charge is 0.480 e. The van der Waals surface area contributed by atoms with Crippen molar-refractivity contribution in [3.05, 3.63) is 109 Å². The molecule has 4 N–H and O–H groups in total. The van der Waals surface area contributed by atoms with Crippen molar-refractivity contribution in [2.45, 2.75) is 199 Å². The van der Waals surface area contributed by atoms with E-state index in [0.29, 0.717) is 32.2 Å². The number of aliphatic carboxylic acids is 1. The number of carbonyl (C=O) groups is 3. The molecule has 1 amide bonds. The summed E-state index contributed by atoms with van der Waals surface area (Å²) in [4.78, 5) is 36.5. The number of hydrogen-bond acceptors (Lipinski definition) is 5. The van der Waals surface area contributed by atoms with Gasteiger partial charge in [0.25, 0.3) is 0 Å². The van der Waals surface area contributed by atoms with Gasteiger partial charge in [-0.3, -0.25) is 9.59 Å². The molecule has 0 aromatic heterocycles. The van der Waals surface area contributed by atoms with Crippen molar-refractivity contribution >= 4 is 17.8 Å². The number of unbranched alkanes of at least 4 members (excludes halogenated alkanes) is 9. The highest BCUT2D eigenvalue weighted by Crippen LogP contribution is 2.18. The summed E-state index contributed by atoms with van der Waals surface area (Å²) in [6, 6.07) is -0.871. The van der Waals surface area contributed by atoms with Gasteiger partial charge in [-0.05, 0) is 141 Å². The Bertz CT molecular complexity index is 1300. The summed E-state index contributed by atoms with van der Waals surface area (Å²) in [7, 11) is 0. The fraction of sp³-hybridized carbons (Fsp3) is 0.604. The highest BCUT2D eigenvalue weighted by molar-refractivity contribution is 5.83. The lowest BCUT2D eigenvalue weighted by Gasteiger charge is -2.18. The molecule has 60 heavy (non-hydrogen) atoms. The number of carbonyl (C=O) groups excluding carboxylic acids is 2. The van der Waals surface area contributed by atoms with Crippen molar-refractivity contribution in [3.63, 3.8) is 0 Å². The topological polar surface area (TPSA) is 119 Å². The van der Waals surface area contributed by atoms with Crippen LogP contribution in [-0.4, -0.2) is 41.6 Å². The molecule has 0 heterocycles. The van der Waals surface area contributed by atoms with Gasteiger partial charge in [0.05, 0.1) is 0 Å². The highest BCUT2D eigenvalue weighted by atomic mass is 16.5. The summed E-state index contributed by atoms with van der Waals surface area (Å²) >= 11 is 0. The number of carboxylic acid groups (broad SMARTS) is 1. The Morgan fingerprint density at radius 3 is 1.33 bits per heavy atom. The molecule has 0 spiro atoms. The van der Waals surface area contributed by atoms with E-state index in [1.54, 1.807) is 0 Å². The maximum Gasteiger partial charge on any atom is 0.326 e. The molecule has 0 aromatic rings. The first-order valence-corrected chi connectivity index (χ1v) is 23.7. The molecule has 0 saturated heterocycles. The number of carboxylic acids is 1. The monoisotopic (exact) mass is 831 g/mol. The number of hydrogen-bond donors (Lipinski definition) is 3. The van der Waals surface area contributed by atoms with Crippen LogP contribution in [0.5, 0.6) is 0 Å². The minimum atomic E-state index is -1.01. The third-order valence-electron chi connectivity index (χ3n) is 9.83. The van der Waals surface area contributed by atoms with Crippen molar-refractivity contribution in [2.24, 2.45) is 5.73 Å². The summed E-state index contributed by atoms with van der Waals surface area (Å²) in [5.41, 5.74) is 5.49. The van der Waals surface area contributed by atoms with Crippen molar-refractivity contribution in [2.75, 3.05) is 6.54 Å². The van der Waals surface area contributed by atoms with Crippen LogP contribution >= 0.6 is 0 Å². The first kappa shape index (κ1) is 56.0. The summed E-state index contributed by atoms with van der Waals surface area (Å²) in [5, 5.41) is 12.0. The van der Waals surface area contributed by atoms with Gasteiger partial charge in [-0.25, -0.2) is 4.79 Å². The molecule has 338 valence electrons. The zero-order valence-corrected chi connectivity index (χ0v) is 38.0. The number of amides is 1. The molecule has 0 saturated carbocycles. The van der Waals surface area contributed by atoms with Crippen LogP contribution in [0.15, 0.2) is 109 Å². The molecule has 0 rings (SSSR count). The van der Waals surface area contributed by atoms with Gasteiger partial charge < -0.3 is 20.9 Å². The van der Waals surface area contributed by atoms with E-state index >= 15 is 0 Å². The minimum Gasteiger partial charge on any atom is -0.480 e. The SMILES string of the molecule is CC/C=C\C/C=C\C/C=C\C/C=C\C/C=C\CCCCCC(=O)OC(CCCC/C=C\C/C=C\C/C=C\C/C=C\CC)CCCCCCCC(=O)NC(CCCN)C(=O)O. The van der Waals surface area contributed by atoms with Crippen LogP contribution in [0.2, 0.25) is 0 Å². The summed E-state index contributed by atoms with van der Waals surface area (Å²) < 4.78 is 6.03. The zero-order valence-electron chi connectivity index (χ0n) is 38.0. The zero-order chi connectivity index (χ0) is 43.8. The first-order valence-electron chi connectivity index (χ1n) is 23.7. The van der Waals surface area contributed by atoms with Gasteiger partial charge >= 0.3 is 11.9 Å². The maximum atomic E-state index is 12.9. The molecule has 2 unspecified atom stereocenters. The first-order chi connectivity index (χ1) is 29.4. The van der Waals surface area contributed by atoms with E-state index in [4.69, 9.17) is 10.5 Å². The molecule has 0 aromatic carbocycles. The van der Waals surface area contributed by atoms with Gasteiger partial charge in [0.1, 0.15) is 12.1 Å². The van der Waals surface area contributed by atoms with Crippen molar-refractivity contribution < 1.29 is 24.2 Å². The lowest BCUT2D eigenvalue weighted by Crippen LogP contribution is -2.40. The van der Waals surface area contributed by atoms with Gasteiger partial charge in [0, 0.05) is 12.8 Å². The standard InChI is InChI=1S/C53H86N2O5/c1-3-5-7-9-11-13-15-17-19-20-21-22-24-26-28-30-32-37-41-47-52(57)60-49(43-38-34-31-29-27-25-23-18-16-14-12-10-8-6-4-2)44-39-35-33-36-40-46-51(56)55-50(53(58)59)45-42-48-54/h5-8,11-14,17-19,21-23,26-29,49-50H,3-4,9-10,15-16,20,24-25,30-48,54H2,1-2H3,(H,55,56)(H,58,59)/b7-5-,8-6-,13-11-,14-12-,19-17-,22-21-,23-18-,28-26-,29-27-. The molecule has 7 heteroatoms. The number of nitrogens with two attached hydrogens (primary N) is 1. The van der Waals surface area contributed by atoms with Crippen LogP contribution in [0.4, 0.5) is 0 Å². The molecular weight excluding hydrogens is 745 g/mol. The van der Waals surface area contributed by atoms with E-state index in [0.717, 1.165) is 148 Å². The molecule has 0 radical (unpaired) electrons. The van der Waals surface area contributed by atoms with Crippen LogP contribution in [0.1, 0.15) is 187 Å². The number of ether oxygens (including phenoxy) is 1.